The smallest absolute Gasteiger partial charge is 0.430 e. The summed E-state index contributed by atoms with van der Waals surface area (Å²) >= 11 is 0. The second kappa shape index (κ2) is 29.7. The van der Waals surface area contributed by atoms with Crippen molar-refractivity contribution in [1.29, 1.82) is 0 Å². The van der Waals surface area contributed by atoms with Crippen LogP contribution in [0.1, 0.15) is 114 Å². The van der Waals surface area contributed by atoms with Crippen LogP contribution in [0.4, 0.5) is 26.3 Å². The normalized spacial score (nSPS) is 25.4. The van der Waals surface area contributed by atoms with E-state index in [9.17, 15) is 46.1 Å². The monoisotopic (exact) mass is 1180 g/mol. The molecule has 4 atom stereocenters. The van der Waals surface area contributed by atoms with E-state index in [1.807, 2.05) is 121 Å². The Bertz CT molecular complexity index is 2480. The van der Waals surface area contributed by atoms with Crippen LogP contribution in [0.2, 0.25) is 0 Å². The van der Waals surface area contributed by atoms with Crippen LogP contribution in [0.5, 0.6) is 11.5 Å². The number of alkyl halides is 6. The highest BCUT2D eigenvalue weighted by molar-refractivity contribution is 5.82. The summed E-state index contributed by atoms with van der Waals surface area (Å²) in [5.74, 6) is -4.38. The first-order valence-electron chi connectivity index (χ1n) is 29.7. The van der Waals surface area contributed by atoms with Crippen molar-refractivity contribution in [1.82, 2.24) is 0 Å². The maximum atomic E-state index is 13.7. The minimum Gasteiger partial charge on any atom is -0.542 e. The first-order chi connectivity index (χ1) is 40.1. The van der Waals surface area contributed by atoms with Crippen LogP contribution in [0.3, 0.4) is 0 Å². The summed E-state index contributed by atoms with van der Waals surface area (Å²) in [6.45, 7) is 9.80. The van der Waals surface area contributed by atoms with Gasteiger partial charge < -0.3 is 57.9 Å². The first-order valence-corrected chi connectivity index (χ1v) is 29.7. The summed E-state index contributed by atoms with van der Waals surface area (Å²) in [5.41, 5.74) is -1.75. The van der Waals surface area contributed by atoms with E-state index in [-0.39, 0.29) is 24.0 Å². The highest BCUT2D eigenvalue weighted by Crippen LogP contribution is 2.45. The zero-order chi connectivity index (χ0) is 60.4. The van der Waals surface area contributed by atoms with Gasteiger partial charge in [0.05, 0.1) is 52.5 Å². The van der Waals surface area contributed by atoms with Crippen LogP contribution in [-0.4, -0.2) is 133 Å². The second-order valence-electron chi connectivity index (χ2n) is 23.5. The number of quaternary nitrogens is 2. The number of carboxylic acids is 2. The minimum atomic E-state index is -5.19. The number of benzene rings is 4. The third kappa shape index (κ3) is 17.5. The van der Waals surface area contributed by atoms with Crippen LogP contribution in [0.25, 0.3) is 0 Å². The molecule has 14 nitrogen and oxygen atoms in total. The number of carbonyl (C=O) groups excluding carboxylic acids is 4. The largest absolute Gasteiger partial charge is 0.542 e. The molecule has 4 bridgehead atoms. The summed E-state index contributed by atoms with van der Waals surface area (Å²) < 4.78 is 89.5. The van der Waals surface area contributed by atoms with Crippen molar-refractivity contribution in [3.05, 3.63) is 132 Å². The number of fused-ring (bicyclic) bond motifs is 6. The number of hydrogen-bond donors (Lipinski definition) is 2. The quantitative estimate of drug-likeness (QED) is 0.0418. The van der Waals surface area contributed by atoms with Gasteiger partial charge in [0, 0.05) is 62.2 Å². The molecule has 12 rings (SSSR count). The zero-order valence-electron chi connectivity index (χ0n) is 47.5. The Hall–Kier alpha value is -6.22. The number of carboxylic acid groups (broad SMARTS) is 2. The van der Waals surface area contributed by atoms with E-state index in [4.69, 9.17) is 38.7 Å². The topological polar surface area (TPSA) is 192 Å². The van der Waals surface area contributed by atoms with Gasteiger partial charge in [0.25, 0.3) is 0 Å². The molecule has 0 aromatic heterocycles. The number of hydrogen-bond acceptors (Lipinski definition) is 12. The van der Waals surface area contributed by atoms with Crippen molar-refractivity contribution in [2.24, 2.45) is 23.7 Å². The number of piperidine rings is 6. The van der Waals surface area contributed by atoms with Gasteiger partial charge in [-0.3, -0.25) is 0 Å². The molecule has 8 fully saturated rings. The van der Waals surface area contributed by atoms with Gasteiger partial charge in [0.15, 0.2) is 23.4 Å². The van der Waals surface area contributed by atoms with Crippen molar-refractivity contribution in [3.63, 3.8) is 0 Å². The van der Waals surface area contributed by atoms with Crippen LogP contribution in [0, 0.1) is 23.7 Å². The molecule has 2 aliphatic carbocycles. The Morgan fingerprint density at radius 3 is 1.02 bits per heavy atom. The van der Waals surface area contributed by atoms with Crippen molar-refractivity contribution < 1.29 is 93.9 Å². The Balaban J connectivity index is 0.000000197. The van der Waals surface area contributed by atoms with Crippen LogP contribution in [-0.2, 0) is 39.9 Å². The van der Waals surface area contributed by atoms with Gasteiger partial charge in [-0.2, -0.15) is 26.3 Å². The molecule has 4 aromatic carbocycles. The van der Waals surface area contributed by atoms with Crippen molar-refractivity contribution in [3.8, 4) is 11.5 Å². The molecule has 20 heteroatoms. The van der Waals surface area contributed by atoms with Crippen LogP contribution in [0.15, 0.2) is 121 Å². The lowest BCUT2D eigenvalue weighted by atomic mass is 9.73. The van der Waals surface area contributed by atoms with Crippen molar-refractivity contribution in [2.75, 3.05) is 65.6 Å². The number of aliphatic hydroxyl groups is 2. The second-order valence-corrected chi connectivity index (χ2v) is 23.5. The lowest BCUT2D eigenvalue weighted by Crippen LogP contribution is -2.65. The van der Waals surface area contributed by atoms with Gasteiger partial charge >= 0.3 is 24.3 Å². The van der Waals surface area contributed by atoms with E-state index in [0.29, 0.717) is 36.2 Å². The van der Waals surface area contributed by atoms with E-state index >= 15 is 0 Å². The van der Waals surface area contributed by atoms with Crippen molar-refractivity contribution in [2.45, 2.75) is 138 Å². The molecular weight excluding hydrogens is 1100 g/mol. The predicted octanol–water partition coefficient (Wildman–Crippen LogP) is 8.75. The van der Waals surface area contributed by atoms with E-state index in [1.54, 1.807) is 0 Å². The van der Waals surface area contributed by atoms with Gasteiger partial charge in [-0.05, 0) is 61.1 Å². The molecule has 460 valence electrons. The summed E-state index contributed by atoms with van der Waals surface area (Å²) in [5, 5.41) is 41.4. The number of carbonyl (C=O) groups is 4. The third-order valence-corrected chi connectivity index (χ3v) is 18.1. The van der Waals surface area contributed by atoms with Gasteiger partial charge in [-0.1, -0.05) is 136 Å². The fourth-order valence-electron chi connectivity index (χ4n) is 13.5. The third-order valence-electron chi connectivity index (χ3n) is 18.1. The molecule has 6 aliphatic heterocycles. The zero-order valence-corrected chi connectivity index (χ0v) is 47.5. The number of ether oxygens (including phenoxy) is 4. The number of halogens is 6. The van der Waals surface area contributed by atoms with Gasteiger partial charge in [-0.25, -0.2) is 9.59 Å². The minimum absolute atomic E-state index is 0.0782. The summed E-state index contributed by atoms with van der Waals surface area (Å²) in [6.07, 6.45) is 5.78. The standard InChI is InChI=1S/2C30H40NO4.2C2HF3O2/c2*32-29(30(33,25-11-4-1-5-12-25)26-13-6-2-7-14-26)35-28-23-31(20-17-24(28)18-21-31)19-10-22-34-27-15-8-3-9-16-27;2*3-2(4,5)1(6)7/h2*1,3-5,8-9,11-12,15-16,24,26,28,33H,2,6-7,10,13-14,17-23H2;2*(H,6,7)/q2*+1;;/p-2/t2*24?,28-,30-,31?;;/m00../s1. The summed E-state index contributed by atoms with van der Waals surface area (Å²) in [7, 11) is 0. The molecule has 8 aliphatic rings. The molecule has 84 heavy (non-hydrogen) atoms. The molecule has 6 saturated heterocycles. The molecule has 0 amide bonds. The van der Waals surface area contributed by atoms with Crippen LogP contribution >= 0.6 is 0 Å². The van der Waals surface area contributed by atoms with Gasteiger partial charge in [-0.15, -0.1) is 0 Å². The highest BCUT2D eigenvalue weighted by atomic mass is 19.4. The number of rotatable bonds is 18. The Morgan fingerprint density at radius 1 is 0.452 bits per heavy atom. The predicted molar refractivity (Wildman–Crippen MR) is 294 cm³/mol. The summed E-state index contributed by atoms with van der Waals surface area (Å²) in [6, 6.07) is 39.0. The Morgan fingerprint density at radius 2 is 0.738 bits per heavy atom. The van der Waals surface area contributed by atoms with E-state index in [2.05, 4.69) is 0 Å². The molecular formula is C64H80F6N2O12. The SMILES string of the molecule is O=C(O[C@H]1C[N+]2(CCCOc3ccccc3)CCC1CC2)[C@](O)(c1ccccc1)C1CCCCC1.O=C(O[C@H]1C[N+]2(CCCOc3ccccc3)CCC1CC2)[C@](O)(c1ccccc1)C1CCCCC1.O=C([O-])C(F)(F)F.O=C([O-])C(F)(F)F. The molecule has 0 unspecified atom stereocenters. The molecule has 0 spiro atoms. The molecule has 4 aromatic rings. The number of nitrogens with zero attached hydrogens (tertiary/aromatic N) is 2. The fraction of sp³-hybridized carbons (Fsp3) is 0.562. The average molecular weight is 1180 g/mol. The fourth-order valence-corrected chi connectivity index (χ4v) is 13.5. The van der Waals surface area contributed by atoms with E-state index in [1.165, 1.54) is 12.8 Å². The van der Waals surface area contributed by atoms with Crippen LogP contribution < -0.4 is 19.7 Å². The molecule has 2 N–H and O–H groups in total. The van der Waals surface area contributed by atoms with Gasteiger partial charge in [0.2, 0.25) is 0 Å². The first kappa shape index (κ1) is 65.3. The number of esters is 2. The van der Waals surface area contributed by atoms with E-state index in [0.717, 1.165) is 163 Å². The van der Waals surface area contributed by atoms with E-state index < -0.39 is 47.4 Å². The molecule has 0 radical (unpaired) electrons. The maximum absolute atomic E-state index is 13.7. The lowest BCUT2D eigenvalue weighted by molar-refractivity contribution is -0.946. The molecule has 2 saturated carbocycles. The molecule has 6 heterocycles. The highest BCUT2D eigenvalue weighted by Gasteiger charge is 2.54. The maximum Gasteiger partial charge on any atom is 0.430 e. The van der Waals surface area contributed by atoms with Crippen molar-refractivity contribution >= 4 is 23.9 Å². The van der Waals surface area contributed by atoms with Gasteiger partial charge in [0.1, 0.15) is 36.5 Å². The number of aliphatic carboxylic acids is 2. The Labute approximate surface area is 487 Å². The lowest BCUT2D eigenvalue weighted by Gasteiger charge is -2.52. The summed E-state index contributed by atoms with van der Waals surface area (Å²) in [4.78, 5) is 45.0. The average Bonchev–Trinajstić information content (AvgIpc) is 1.62. The Kier molecular flexibility index (Phi) is 23.1. The number of para-hydroxylation sites is 2.